The van der Waals surface area contributed by atoms with Crippen LogP contribution in [-0.4, -0.2) is 33.1 Å². The number of azo groups is 1. The third-order valence-electron chi connectivity index (χ3n) is 4.71. The Hall–Kier alpha value is -3.52. The van der Waals surface area contributed by atoms with Gasteiger partial charge in [-0.1, -0.05) is 42.8 Å². The molecule has 2 aromatic carbocycles. The number of fused-ring (bicyclic) bond motifs is 1. The third-order valence-corrected chi connectivity index (χ3v) is 4.71. The lowest BCUT2D eigenvalue weighted by atomic mass is 10.2. The van der Waals surface area contributed by atoms with Crippen LogP contribution >= 0.6 is 0 Å². The molecule has 156 valence electrons. The summed E-state index contributed by atoms with van der Waals surface area (Å²) in [5.41, 5.74) is 1.40. The molecule has 3 N–H and O–H groups in total. The average Bonchev–Trinajstić information content (AvgIpc) is 3.05. The zero-order chi connectivity index (χ0) is 21.3. The quantitative estimate of drug-likeness (QED) is 0.368. The first kappa shape index (κ1) is 21.2. The van der Waals surface area contributed by atoms with Crippen LogP contribution < -0.4 is 5.32 Å². The summed E-state index contributed by atoms with van der Waals surface area (Å²) in [6.07, 6.45) is 2.39. The Kier molecular flexibility index (Phi) is 7.29. The molecular formula is C22H24N4O4. The molecular weight excluding hydrogens is 384 g/mol. The van der Waals surface area contributed by atoms with Crippen LogP contribution in [0.4, 0.5) is 5.69 Å². The van der Waals surface area contributed by atoms with Crippen LogP contribution in [0, 0.1) is 0 Å². The van der Waals surface area contributed by atoms with Gasteiger partial charge >= 0.3 is 0 Å². The topological polar surface area (TPSA) is 116 Å². The van der Waals surface area contributed by atoms with E-state index in [4.69, 9.17) is 0 Å². The Labute approximate surface area is 173 Å². The summed E-state index contributed by atoms with van der Waals surface area (Å²) in [6.45, 7) is 0.134. The van der Waals surface area contributed by atoms with Crippen LogP contribution in [0.1, 0.15) is 36.0 Å². The Morgan fingerprint density at radius 3 is 2.47 bits per heavy atom. The number of unbranched alkanes of at least 4 members (excludes halogenated alkanes) is 2. The van der Waals surface area contributed by atoms with Gasteiger partial charge in [0.1, 0.15) is 6.73 Å². The Morgan fingerprint density at radius 2 is 1.70 bits per heavy atom. The average molecular weight is 408 g/mol. The van der Waals surface area contributed by atoms with E-state index in [0.717, 1.165) is 12.8 Å². The van der Waals surface area contributed by atoms with Crippen LogP contribution in [0.3, 0.4) is 0 Å². The third kappa shape index (κ3) is 5.09. The molecule has 8 nitrogen and oxygen atoms in total. The minimum Gasteiger partial charge on any atom is -0.493 e. The number of rotatable bonds is 9. The Balaban J connectivity index is 1.43. The molecule has 30 heavy (non-hydrogen) atoms. The number of aromatic hydroxyl groups is 1. The SMILES string of the molecule is O=C(CCCCCNC(=O)c1ccccc1)N=Nc1c(O)n(CO)c2ccccc12. The van der Waals surface area contributed by atoms with Gasteiger partial charge in [-0.15, -0.1) is 10.2 Å². The highest BCUT2D eigenvalue weighted by Gasteiger charge is 2.15. The van der Waals surface area contributed by atoms with Crippen molar-refractivity contribution in [2.45, 2.75) is 32.4 Å². The lowest BCUT2D eigenvalue weighted by Gasteiger charge is -2.04. The number of carbonyl (C=O) groups excluding carboxylic acids is 2. The van der Waals surface area contributed by atoms with Crippen LogP contribution in [0.25, 0.3) is 10.9 Å². The number of carbonyl (C=O) groups is 2. The molecule has 0 unspecified atom stereocenters. The molecule has 0 aliphatic heterocycles. The van der Waals surface area contributed by atoms with Crippen molar-refractivity contribution in [1.82, 2.24) is 9.88 Å². The van der Waals surface area contributed by atoms with E-state index in [1.54, 1.807) is 36.4 Å². The summed E-state index contributed by atoms with van der Waals surface area (Å²) in [5, 5.41) is 30.7. The predicted octanol–water partition coefficient (Wildman–Crippen LogP) is 3.90. The first-order chi connectivity index (χ1) is 14.6. The number of benzene rings is 2. The normalized spacial score (nSPS) is 11.2. The Bertz CT molecular complexity index is 1040. The zero-order valence-corrected chi connectivity index (χ0v) is 16.5. The molecule has 3 rings (SSSR count). The number of nitrogens with zero attached hydrogens (tertiary/aromatic N) is 3. The van der Waals surface area contributed by atoms with Crippen molar-refractivity contribution >= 4 is 28.4 Å². The van der Waals surface area contributed by atoms with Gasteiger partial charge in [-0.3, -0.25) is 14.2 Å². The Morgan fingerprint density at radius 1 is 0.967 bits per heavy atom. The van der Waals surface area contributed by atoms with E-state index < -0.39 is 6.73 Å². The zero-order valence-electron chi connectivity index (χ0n) is 16.5. The van der Waals surface area contributed by atoms with Crippen LogP contribution in [0.5, 0.6) is 5.88 Å². The highest BCUT2D eigenvalue weighted by Crippen LogP contribution is 2.38. The van der Waals surface area contributed by atoms with Gasteiger partial charge < -0.3 is 15.5 Å². The molecule has 0 radical (unpaired) electrons. The van der Waals surface area contributed by atoms with Crippen LogP contribution in [-0.2, 0) is 11.5 Å². The molecule has 1 heterocycles. The van der Waals surface area contributed by atoms with Crippen molar-refractivity contribution in [3.8, 4) is 5.88 Å². The van der Waals surface area contributed by atoms with E-state index >= 15 is 0 Å². The monoisotopic (exact) mass is 408 g/mol. The van der Waals surface area contributed by atoms with E-state index in [0.29, 0.717) is 29.4 Å². The first-order valence-corrected chi connectivity index (χ1v) is 9.80. The van der Waals surface area contributed by atoms with Gasteiger partial charge in [-0.05, 0) is 31.0 Å². The summed E-state index contributed by atoms with van der Waals surface area (Å²) in [5.74, 6) is -0.727. The molecule has 1 aromatic heterocycles. The molecule has 0 aliphatic rings. The number of para-hydroxylation sites is 1. The van der Waals surface area contributed by atoms with Gasteiger partial charge in [0.15, 0.2) is 5.69 Å². The lowest BCUT2D eigenvalue weighted by Crippen LogP contribution is -2.24. The van der Waals surface area contributed by atoms with E-state index in [9.17, 15) is 19.8 Å². The molecule has 0 atom stereocenters. The maximum atomic E-state index is 12.0. The van der Waals surface area contributed by atoms with E-state index in [-0.39, 0.29) is 29.8 Å². The van der Waals surface area contributed by atoms with Gasteiger partial charge in [-0.2, -0.15) is 0 Å². The number of aliphatic hydroxyl groups is 1. The van der Waals surface area contributed by atoms with E-state index in [1.807, 2.05) is 18.2 Å². The highest BCUT2D eigenvalue weighted by molar-refractivity contribution is 5.95. The maximum Gasteiger partial charge on any atom is 0.264 e. The first-order valence-electron chi connectivity index (χ1n) is 9.80. The summed E-state index contributed by atoms with van der Waals surface area (Å²) in [7, 11) is 0. The second-order valence-electron chi connectivity index (χ2n) is 6.79. The van der Waals surface area contributed by atoms with Crippen molar-refractivity contribution < 1.29 is 19.8 Å². The molecule has 0 bridgehead atoms. The van der Waals surface area contributed by atoms with Gasteiger partial charge in [0, 0.05) is 23.9 Å². The maximum absolute atomic E-state index is 12.0. The predicted molar refractivity (Wildman–Crippen MR) is 113 cm³/mol. The number of hydrogen-bond donors (Lipinski definition) is 3. The minimum atomic E-state index is -0.406. The molecule has 3 aromatic rings. The molecule has 0 saturated heterocycles. The van der Waals surface area contributed by atoms with Crippen molar-refractivity contribution in [1.29, 1.82) is 0 Å². The largest absolute Gasteiger partial charge is 0.493 e. The summed E-state index contributed by atoms with van der Waals surface area (Å²) >= 11 is 0. The van der Waals surface area contributed by atoms with Crippen molar-refractivity contribution in [3.05, 3.63) is 60.2 Å². The summed E-state index contributed by atoms with van der Waals surface area (Å²) in [4.78, 5) is 23.9. The number of amides is 2. The van der Waals surface area contributed by atoms with Gasteiger partial charge in [0.25, 0.3) is 11.8 Å². The number of hydrogen-bond acceptors (Lipinski definition) is 5. The molecule has 0 fully saturated rings. The second kappa shape index (κ2) is 10.3. The fourth-order valence-corrected chi connectivity index (χ4v) is 3.14. The highest BCUT2D eigenvalue weighted by atomic mass is 16.3. The summed E-state index contributed by atoms with van der Waals surface area (Å²) in [6, 6.07) is 16.0. The molecule has 0 saturated carbocycles. The second-order valence-corrected chi connectivity index (χ2v) is 6.79. The van der Waals surface area contributed by atoms with Crippen molar-refractivity contribution in [2.75, 3.05) is 6.54 Å². The lowest BCUT2D eigenvalue weighted by molar-refractivity contribution is -0.118. The molecule has 0 aliphatic carbocycles. The van der Waals surface area contributed by atoms with Crippen LogP contribution in [0.15, 0.2) is 64.8 Å². The van der Waals surface area contributed by atoms with Crippen molar-refractivity contribution in [2.24, 2.45) is 10.2 Å². The van der Waals surface area contributed by atoms with Crippen LogP contribution in [0.2, 0.25) is 0 Å². The van der Waals surface area contributed by atoms with Gasteiger partial charge in [0.2, 0.25) is 5.88 Å². The molecule has 0 spiro atoms. The summed E-state index contributed by atoms with van der Waals surface area (Å²) < 4.78 is 1.29. The van der Waals surface area contributed by atoms with E-state index in [2.05, 4.69) is 15.5 Å². The van der Waals surface area contributed by atoms with E-state index in [1.165, 1.54) is 4.57 Å². The molecule has 2 amide bonds. The van der Waals surface area contributed by atoms with Gasteiger partial charge in [0.05, 0.1) is 5.52 Å². The molecule has 8 heteroatoms. The number of nitrogens with one attached hydrogen (secondary N) is 1. The van der Waals surface area contributed by atoms with Gasteiger partial charge in [-0.25, -0.2) is 0 Å². The smallest absolute Gasteiger partial charge is 0.264 e. The fourth-order valence-electron chi connectivity index (χ4n) is 3.14. The van der Waals surface area contributed by atoms with Crippen molar-refractivity contribution in [3.63, 3.8) is 0 Å². The minimum absolute atomic E-state index is 0.109. The fraction of sp³-hybridized carbons (Fsp3) is 0.273. The number of aliphatic hydroxyl groups excluding tert-OH is 1. The number of aromatic nitrogens is 1. The standard InChI is InChI=1S/C22H24N4O4/c27-15-26-18-12-7-6-11-17(18)20(22(26)30)25-24-19(28)13-5-2-8-14-23-21(29)16-9-3-1-4-10-16/h1,3-4,6-7,9-12,27,30H,2,5,8,13-15H2,(H,23,29).